The SMILES string of the molecule is O=S1(=O)[C@H]2C=CC=C[C@H]1[C@H]1[C@H]2[C@H]2O[C@H]1c1ccccc12. The first-order chi connectivity index (χ1) is 9.69. The summed E-state index contributed by atoms with van der Waals surface area (Å²) < 4.78 is 31.6. The minimum atomic E-state index is -3.12. The van der Waals surface area contributed by atoms with Crippen LogP contribution in [0.3, 0.4) is 0 Å². The van der Waals surface area contributed by atoms with Gasteiger partial charge in [0.15, 0.2) is 9.84 Å². The minimum absolute atomic E-state index is 0.0536. The van der Waals surface area contributed by atoms with E-state index in [0.717, 1.165) is 0 Å². The monoisotopic (exact) mass is 286 g/mol. The van der Waals surface area contributed by atoms with Crippen LogP contribution in [0.2, 0.25) is 0 Å². The highest BCUT2D eigenvalue weighted by molar-refractivity contribution is 7.93. The zero-order valence-corrected chi connectivity index (χ0v) is 11.5. The third-order valence-electron chi connectivity index (χ3n) is 5.28. The molecule has 4 heterocycles. The molecule has 0 amide bonds. The van der Waals surface area contributed by atoms with Crippen LogP contribution in [-0.2, 0) is 14.6 Å². The summed E-state index contributed by atoms with van der Waals surface area (Å²) in [4.78, 5) is 0. The Morgan fingerprint density at radius 2 is 1.35 bits per heavy atom. The van der Waals surface area contributed by atoms with Gasteiger partial charge >= 0.3 is 0 Å². The number of hydrogen-bond acceptors (Lipinski definition) is 3. The molecule has 0 aliphatic carbocycles. The second-order valence-electron chi connectivity index (χ2n) is 6.05. The topological polar surface area (TPSA) is 43.4 Å². The number of benzene rings is 1. The second kappa shape index (κ2) is 3.43. The molecule has 0 N–H and O–H groups in total. The fourth-order valence-corrected chi connectivity index (χ4v) is 7.07. The summed E-state index contributed by atoms with van der Waals surface area (Å²) in [7, 11) is -3.12. The molecular weight excluding hydrogens is 272 g/mol. The largest absolute Gasteiger partial charge is 0.365 e. The van der Waals surface area contributed by atoms with E-state index in [0.29, 0.717) is 0 Å². The summed E-state index contributed by atoms with van der Waals surface area (Å²) in [6.07, 6.45) is 7.34. The van der Waals surface area contributed by atoms with Crippen molar-refractivity contribution in [2.75, 3.05) is 0 Å². The molecule has 0 aromatic heterocycles. The van der Waals surface area contributed by atoms with E-state index in [-0.39, 0.29) is 24.0 Å². The van der Waals surface area contributed by atoms with Gasteiger partial charge in [-0.1, -0.05) is 48.6 Å². The van der Waals surface area contributed by atoms with Crippen molar-refractivity contribution >= 4 is 9.84 Å². The summed E-state index contributed by atoms with van der Waals surface area (Å²) in [5, 5.41) is -0.785. The first-order valence-electron chi connectivity index (χ1n) is 7.01. The van der Waals surface area contributed by atoms with Crippen LogP contribution in [0.1, 0.15) is 23.3 Å². The molecule has 6 atom stereocenters. The van der Waals surface area contributed by atoms with Crippen LogP contribution < -0.4 is 0 Å². The lowest BCUT2D eigenvalue weighted by molar-refractivity contribution is 0.0533. The van der Waals surface area contributed by atoms with Crippen LogP contribution in [0.25, 0.3) is 0 Å². The Hall–Kier alpha value is -1.39. The van der Waals surface area contributed by atoms with Gasteiger partial charge in [-0.05, 0) is 11.1 Å². The van der Waals surface area contributed by atoms with Crippen LogP contribution in [0.5, 0.6) is 0 Å². The molecule has 0 unspecified atom stereocenters. The van der Waals surface area contributed by atoms with Crippen LogP contribution in [0.4, 0.5) is 0 Å². The fourth-order valence-electron chi connectivity index (χ4n) is 4.56. The lowest BCUT2D eigenvalue weighted by atomic mass is 9.72. The van der Waals surface area contributed by atoms with Crippen molar-refractivity contribution in [3.05, 3.63) is 59.7 Å². The smallest absolute Gasteiger partial charge is 0.163 e. The molecule has 4 aliphatic heterocycles. The summed E-state index contributed by atoms with van der Waals surface area (Å²) in [5.41, 5.74) is 2.38. The van der Waals surface area contributed by atoms with Crippen molar-refractivity contribution in [1.29, 1.82) is 0 Å². The molecule has 4 heteroatoms. The van der Waals surface area contributed by atoms with Gasteiger partial charge < -0.3 is 4.74 Å². The number of allylic oxidation sites excluding steroid dienone is 2. The van der Waals surface area contributed by atoms with E-state index in [2.05, 4.69) is 12.1 Å². The van der Waals surface area contributed by atoms with Crippen molar-refractivity contribution in [3.63, 3.8) is 0 Å². The molecule has 102 valence electrons. The Morgan fingerprint density at radius 3 is 1.85 bits per heavy atom. The molecule has 0 saturated carbocycles. The molecule has 4 aliphatic rings. The molecule has 3 nitrogen and oxygen atoms in total. The van der Waals surface area contributed by atoms with E-state index in [1.165, 1.54) is 11.1 Å². The zero-order chi connectivity index (χ0) is 13.5. The Balaban J connectivity index is 1.75. The normalized spacial score (nSPS) is 45.2. The highest BCUT2D eigenvalue weighted by Gasteiger charge is 2.66. The molecule has 4 bridgehead atoms. The predicted molar refractivity (Wildman–Crippen MR) is 74.8 cm³/mol. The number of rotatable bonds is 0. The Bertz CT molecular complexity index is 705. The summed E-state index contributed by atoms with van der Waals surface area (Å²) >= 11 is 0. The standard InChI is InChI=1S/C16H14O3S/c17-20(18)11-7-3-4-8-12(20)14-13(11)15-9-5-1-2-6-10(9)16(14)19-15/h1-8,11-16H/t11-,12-,13-,14-,15-,16-/m0/s1. The van der Waals surface area contributed by atoms with Crippen molar-refractivity contribution in [2.45, 2.75) is 22.7 Å². The number of fused-ring (bicyclic) bond motifs is 12. The lowest BCUT2D eigenvalue weighted by Crippen LogP contribution is -2.26. The van der Waals surface area contributed by atoms with Gasteiger partial charge in [0.25, 0.3) is 0 Å². The maximum atomic E-state index is 12.7. The Morgan fingerprint density at radius 1 is 0.850 bits per heavy atom. The Labute approximate surface area is 117 Å². The summed E-state index contributed by atoms with van der Waals surface area (Å²) in [5.74, 6) is 0.150. The average Bonchev–Trinajstić information content (AvgIpc) is 2.97. The number of sulfone groups is 1. The molecule has 2 fully saturated rings. The lowest BCUT2D eigenvalue weighted by Gasteiger charge is -2.26. The third kappa shape index (κ3) is 1.10. The highest BCUT2D eigenvalue weighted by atomic mass is 32.2. The Kier molecular flexibility index (Phi) is 1.94. The zero-order valence-electron chi connectivity index (χ0n) is 10.7. The minimum Gasteiger partial charge on any atom is -0.365 e. The third-order valence-corrected chi connectivity index (χ3v) is 7.74. The van der Waals surface area contributed by atoms with Gasteiger partial charge in [0.05, 0.1) is 22.7 Å². The van der Waals surface area contributed by atoms with Crippen LogP contribution in [-0.4, -0.2) is 18.9 Å². The van der Waals surface area contributed by atoms with E-state index in [9.17, 15) is 8.42 Å². The number of hydrogen-bond donors (Lipinski definition) is 0. The van der Waals surface area contributed by atoms with Crippen LogP contribution in [0.15, 0.2) is 48.6 Å². The summed E-state index contributed by atoms with van der Waals surface area (Å²) in [6, 6.07) is 8.18. The molecule has 1 aromatic rings. The van der Waals surface area contributed by atoms with Gasteiger partial charge in [0, 0.05) is 11.8 Å². The second-order valence-corrected chi connectivity index (χ2v) is 8.32. The van der Waals surface area contributed by atoms with E-state index >= 15 is 0 Å². The molecule has 5 rings (SSSR count). The van der Waals surface area contributed by atoms with E-state index in [4.69, 9.17) is 4.74 Å². The van der Waals surface area contributed by atoms with E-state index in [1.54, 1.807) is 0 Å². The van der Waals surface area contributed by atoms with E-state index < -0.39 is 20.3 Å². The van der Waals surface area contributed by atoms with Crippen LogP contribution >= 0.6 is 0 Å². The first-order valence-corrected chi connectivity index (χ1v) is 8.62. The van der Waals surface area contributed by atoms with Gasteiger partial charge in [0.2, 0.25) is 0 Å². The van der Waals surface area contributed by atoms with Gasteiger partial charge in [-0.2, -0.15) is 0 Å². The van der Waals surface area contributed by atoms with Crippen molar-refractivity contribution < 1.29 is 13.2 Å². The van der Waals surface area contributed by atoms with Gasteiger partial charge in [0.1, 0.15) is 0 Å². The molecule has 2 saturated heterocycles. The van der Waals surface area contributed by atoms with Crippen LogP contribution in [0, 0.1) is 11.8 Å². The first kappa shape index (κ1) is 11.3. The maximum Gasteiger partial charge on any atom is 0.163 e. The highest BCUT2D eigenvalue weighted by Crippen LogP contribution is 2.64. The van der Waals surface area contributed by atoms with Gasteiger partial charge in [-0.25, -0.2) is 8.42 Å². The maximum absolute atomic E-state index is 12.7. The molecule has 0 radical (unpaired) electrons. The predicted octanol–water partition coefficient (Wildman–Crippen LogP) is 2.34. The molecule has 20 heavy (non-hydrogen) atoms. The molecular formula is C16H14O3S. The molecule has 1 aromatic carbocycles. The van der Waals surface area contributed by atoms with Gasteiger partial charge in [-0.3, -0.25) is 0 Å². The fraction of sp³-hybridized carbons (Fsp3) is 0.375. The van der Waals surface area contributed by atoms with Crippen molar-refractivity contribution in [2.24, 2.45) is 11.8 Å². The van der Waals surface area contributed by atoms with E-state index in [1.807, 2.05) is 36.4 Å². The quantitative estimate of drug-likeness (QED) is 0.735. The van der Waals surface area contributed by atoms with Crippen molar-refractivity contribution in [3.8, 4) is 0 Å². The average molecular weight is 286 g/mol. The molecule has 0 spiro atoms. The van der Waals surface area contributed by atoms with Crippen molar-refractivity contribution in [1.82, 2.24) is 0 Å². The number of ether oxygens (including phenoxy) is 1. The summed E-state index contributed by atoms with van der Waals surface area (Å²) in [6.45, 7) is 0. The van der Waals surface area contributed by atoms with Gasteiger partial charge in [-0.15, -0.1) is 0 Å².